The van der Waals surface area contributed by atoms with Crippen LogP contribution in [-0.4, -0.2) is 29.9 Å². The quantitative estimate of drug-likeness (QED) is 0.573. The van der Waals surface area contributed by atoms with Crippen molar-refractivity contribution in [3.05, 3.63) is 22.2 Å². The summed E-state index contributed by atoms with van der Waals surface area (Å²) < 4.78 is 22.6. The monoisotopic (exact) mass is 266 g/mol. The van der Waals surface area contributed by atoms with E-state index in [0.29, 0.717) is 12.0 Å². The minimum atomic E-state index is -2.92. The third-order valence-corrected chi connectivity index (χ3v) is 4.66. The van der Waals surface area contributed by atoms with E-state index >= 15 is 0 Å². The summed E-state index contributed by atoms with van der Waals surface area (Å²) in [5.74, 6) is 0.230. The van der Waals surface area contributed by atoms with Crippen LogP contribution >= 0.6 is 23.2 Å². The normalized spacial score (nSPS) is 24.3. The molecule has 1 saturated heterocycles. The fourth-order valence-corrected chi connectivity index (χ4v) is 3.89. The lowest BCUT2D eigenvalue weighted by molar-refractivity contribution is 0.601. The summed E-state index contributed by atoms with van der Waals surface area (Å²) in [6, 6.07) is 0. The van der Waals surface area contributed by atoms with Crippen LogP contribution < -0.4 is 0 Å². The van der Waals surface area contributed by atoms with Gasteiger partial charge in [-0.3, -0.25) is 0 Å². The Bertz CT molecular complexity index is 489. The van der Waals surface area contributed by atoms with Gasteiger partial charge in [0.2, 0.25) is 5.28 Å². The zero-order chi connectivity index (χ0) is 11.1. The van der Waals surface area contributed by atoms with Crippen LogP contribution in [0, 0.1) is 0 Å². The summed E-state index contributed by atoms with van der Waals surface area (Å²) in [7, 11) is -2.92. The number of aromatic nitrogens is 2. The van der Waals surface area contributed by atoms with Crippen molar-refractivity contribution >= 4 is 33.0 Å². The SMILES string of the molecule is O=S1(=O)CCC(c2cnc(Cl)nc2Cl)C1. The first-order valence-corrected chi connectivity index (χ1v) is 6.94. The average Bonchev–Trinajstić information content (AvgIpc) is 2.46. The van der Waals surface area contributed by atoms with Crippen molar-refractivity contribution in [3.8, 4) is 0 Å². The Morgan fingerprint density at radius 1 is 1.40 bits per heavy atom. The highest BCUT2D eigenvalue weighted by Crippen LogP contribution is 2.32. The molecule has 1 aromatic rings. The number of halogens is 2. The Kier molecular flexibility index (Phi) is 2.87. The van der Waals surface area contributed by atoms with Crippen molar-refractivity contribution in [3.63, 3.8) is 0 Å². The van der Waals surface area contributed by atoms with E-state index in [1.807, 2.05) is 0 Å². The van der Waals surface area contributed by atoms with Crippen LogP contribution in [0.25, 0.3) is 0 Å². The van der Waals surface area contributed by atoms with Gasteiger partial charge in [-0.05, 0) is 18.0 Å². The second kappa shape index (κ2) is 3.88. The number of sulfone groups is 1. The molecule has 1 aliphatic rings. The maximum absolute atomic E-state index is 11.3. The van der Waals surface area contributed by atoms with E-state index < -0.39 is 9.84 Å². The number of hydrogen-bond donors (Lipinski definition) is 0. The lowest BCUT2D eigenvalue weighted by atomic mass is 10.0. The molecule has 82 valence electrons. The summed E-state index contributed by atoms with van der Waals surface area (Å²) in [6.07, 6.45) is 2.08. The zero-order valence-electron chi connectivity index (χ0n) is 7.65. The molecular formula is C8H8Cl2N2O2S. The van der Waals surface area contributed by atoms with Crippen molar-refractivity contribution in [1.29, 1.82) is 0 Å². The van der Waals surface area contributed by atoms with E-state index in [1.165, 1.54) is 6.20 Å². The van der Waals surface area contributed by atoms with E-state index in [4.69, 9.17) is 23.2 Å². The molecule has 0 saturated carbocycles. The summed E-state index contributed by atoms with van der Waals surface area (Å²) in [5, 5.41) is 0.321. The van der Waals surface area contributed by atoms with Gasteiger partial charge in [0.1, 0.15) is 5.15 Å². The Morgan fingerprint density at radius 2 is 2.13 bits per heavy atom. The Morgan fingerprint density at radius 3 is 2.67 bits per heavy atom. The second-order valence-corrected chi connectivity index (χ2v) is 6.41. The lowest BCUT2D eigenvalue weighted by Gasteiger charge is -2.08. The largest absolute Gasteiger partial charge is 0.229 e. The highest BCUT2D eigenvalue weighted by atomic mass is 35.5. The van der Waals surface area contributed by atoms with Gasteiger partial charge in [0, 0.05) is 17.7 Å². The highest BCUT2D eigenvalue weighted by Gasteiger charge is 2.30. The Hall–Kier alpha value is -0.390. The first-order chi connectivity index (χ1) is 6.98. The first-order valence-electron chi connectivity index (χ1n) is 4.36. The molecule has 0 bridgehead atoms. The molecule has 2 rings (SSSR count). The van der Waals surface area contributed by atoms with Crippen LogP contribution in [0.5, 0.6) is 0 Å². The van der Waals surface area contributed by atoms with Crippen molar-refractivity contribution < 1.29 is 8.42 Å². The summed E-state index contributed by atoms with van der Waals surface area (Å²) in [6.45, 7) is 0. The molecule has 1 unspecified atom stereocenters. The molecule has 1 atom stereocenters. The molecule has 0 amide bonds. The van der Waals surface area contributed by atoms with E-state index in [1.54, 1.807) is 0 Å². The van der Waals surface area contributed by atoms with Gasteiger partial charge >= 0.3 is 0 Å². The van der Waals surface area contributed by atoms with Crippen LogP contribution in [0.1, 0.15) is 17.9 Å². The summed E-state index contributed by atoms with van der Waals surface area (Å²) in [5.41, 5.74) is 0.669. The first kappa shape index (κ1) is 11.1. The molecule has 7 heteroatoms. The molecule has 1 fully saturated rings. The van der Waals surface area contributed by atoms with Crippen molar-refractivity contribution in [2.75, 3.05) is 11.5 Å². The molecule has 0 aromatic carbocycles. The zero-order valence-corrected chi connectivity index (χ0v) is 9.98. The predicted molar refractivity (Wildman–Crippen MR) is 58.1 cm³/mol. The van der Waals surface area contributed by atoms with Crippen LogP contribution in [0.15, 0.2) is 6.20 Å². The molecular weight excluding hydrogens is 259 g/mol. The molecule has 0 aliphatic carbocycles. The van der Waals surface area contributed by atoms with Crippen molar-refractivity contribution in [2.24, 2.45) is 0 Å². The molecule has 15 heavy (non-hydrogen) atoms. The maximum atomic E-state index is 11.3. The number of hydrogen-bond acceptors (Lipinski definition) is 4. The number of rotatable bonds is 1. The molecule has 2 heterocycles. The average molecular weight is 267 g/mol. The predicted octanol–water partition coefficient (Wildman–Crippen LogP) is 1.69. The fourth-order valence-electron chi connectivity index (χ4n) is 1.66. The minimum Gasteiger partial charge on any atom is -0.229 e. The molecule has 0 spiro atoms. The minimum absolute atomic E-state index is 0.0737. The topological polar surface area (TPSA) is 59.9 Å². The van der Waals surface area contributed by atoms with Gasteiger partial charge in [-0.15, -0.1) is 0 Å². The van der Waals surface area contributed by atoms with Gasteiger partial charge in [0.25, 0.3) is 0 Å². The van der Waals surface area contributed by atoms with Gasteiger partial charge in [-0.25, -0.2) is 18.4 Å². The van der Waals surface area contributed by atoms with Gasteiger partial charge in [-0.1, -0.05) is 11.6 Å². The third-order valence-electron chi connectivity index (χ3n) is 2.41. The van der Waals surface area contributed by atoms with Gasteiger partial charge < -0.3 is 0 Å². The molecule has 0 N–H and O–H groups in total. The summed E-state index contributed by atoms with van der Waals surface area (Å²) in [4.78, 5) is 7.60. The molecule has 1 aromatic heterocycles. The smallest absolute Gasteiger partial charge is 0.223 e. The lowest BCUT2D eigenvalue weighted by Crippen LogP contribution is -2.05. The highest BCUT2D eigenvalue weighted by molar-refractivity contribution is 7.91. The van der Waals surface area contributed by atoms with E-state index in [-0.39, 0.29) is 27.9 Å². The van der Waals surface area contributed by atoms with Crippen molar-refractivity contribution in [2.45, 2.75) is 12.3 Å². The fraction of sp³-hybridized carbons (Fsp3) is 0.500. The Labute approximate surface area is 97.6 Å². The number of nitrogens with zero attached hydrogens (tertiary/aromatic N) is 2. The Balaban J connectivity index is 2.32. The van der Waals surface area contributed by atoms with Crippen LogP contribution in [0.3, 0.4) is 0 Å². The third kappa shape index (κ3) is 2.41. The molecule has 1 aliphatic heterocycles. The van der Waals surface area contributed by atoms with Gasteiger partial charge in [0.15, 0.2) is 9.84 Å². The van der Waals surface area contributed by atoms with Crippen LogP contribution in [-0.2, 0) is 9.84 Å². The van der Waals surface area contributed by atoms with E-state index in [9.17, 15) is 8.42 Å². The van der Waals surface area contributed by atoms with E-state index in [2.05, 4.69) is 9.97 Å². The van der Waals surface area contributed by atoms with Gasteiger partial charge in [-0.2, -0.15) is 0 Å². The molecule has 0 radical (unpaired) electrons. The van der Waals surface area contributed by atoms with E-state index in [0.717, 1.165) is 0 Å². The van der Waals surface area contributed by atoms with Crippen LogP contribution in [0.4, 0.5) is 0 Å². The molecule has 4 nitrogen and oxygen atoms in total. The van der Waals surface area contributed by atoms with Crippen molar-refractivity contribution in [1.82, 2.24) is 9.97 Å². The standard InChI is InChI=1S/C8H8Cl2N2O2S/c9-7-6(3-11-8(10)12-7)5-1-2-15(13,14)4-5/h3,5H,1-2,4H2. The summed E-state index contributed by atoms with van der Waals surface area (Å²) >= 11 is 11.4. The second-order valence-electron chi connectivity index (χ2n) is 3.49. The van der Waals surface area contributed by atoms with Crippen LogP contribution in [0.2, 0.25) is 10.4 Å². The maximum Gasteiger partial charge on any atom is 0.223 e. The van der Waals surface area contributed by atoms with Gasteiger partial charge in [0.05, 0.1) is 11.5 Å².